The van der Waals surface area contributed by atoms with E-state index in [2.05, 4.69) is 5.16 Å². The van der Waals surface area contributed by atoms with Crippen LogP contribution in [0.3, 0.4) is 0 Å². The Labute approximate surface area is 156 Å². The molecule has 1 unspecified atom stereocenters. The summed E-state index contributed by atoms with van der Waals surface area (Å²) < 4.78 is 43.6. The van der Waals surface area contributed by atoms with E-state index in [1.54, 1.807) is 19.9 Å². The van der Waals surface area contributed by atoms with Crippen molar-refractivity contribution in [2.75, 3.05) is 13.1 Å². The topological polar surface area (TPSA) is 46.3 Å². The first-order chi connectivity index (χ1) is 12.8. The molecule has 7 heteroatoms. The van der Waals surface area contributed by atoms with Gasteiger partial charge in [0.15, 0.2) is 0 Å². The Hall–Kier alpha value is -2.31. The fraction of sp³-hybridized carbons (Fsp3) is 0.500. The average Bonchev–Trinajstić information content (AvgIpc) is 2.97. The molecule has 0 saturated carbocycles. The van der Waals surface area contributed by atoms with E-state index in [-0.39, 0.29) is 11.8 Å². The van der Waals surface area contributed by atoms with Crippen molar-refractivity contribution in [2.24, 2.45) is 5.92 Å². The van der Waals surface area contributed by atoms with Gasteiger partial charge in [-0.3, -0.25) is 4.79 Å². The number of alkyl halides is 3. The first-order valence-electron chi connectivity index (χ1n) is 9.14. The van der Waals surface area contributed by atoms with Crippen LogP contribution in [-0.2, 0) is 12.6 Å². The van der Waals surface area contributed by atoms with Gasteiger partial charge in [0.2, 0.25) is 0 Å². The molecule has 1 aliphatic rings. The van der Waals surface area contributed by atoms with E-state index in [0.717, 1.165) is 25.3 Å². The molecular formula is C20H23F3N2O2. The molecule has 3 rings (SSSR count). The van der Waals surface area contributed by atoms with Crippen LogP contribution in [0.15, 0.2) is 28.8 Å². The van der Waals surface area contributed by atoms with Gasteiger partial charge in [-0.1, -0.05) is 23.4 Å². The number of benzene rings is 1. The molecule has 1 amide bonds. The summed E-state index contributed by atoms with van der Waals surface area (Å²) >= 11 is 0. The van der Waals surface area contributed by atoms with E-state index in [0.29, 0.717) is 42.1 Å². The lowest BCUT2D eigenvalue weighted by Crippen LogP contribution is -2.40. The number of amides is 1. The molecule has 2 heterocycles. The lowest BCUT2D eigenvalue weighted by Gasteiger charge is -2.33. The summed E-state index contributed by atoms with van der Waals surface area (Å²) in [6.07, 6.45) is -1.13. The molecule has 0 aliphatic carbocycles. The Bertz CT molecular complexity index is 794. The Morgan fingerprint density at radius 1 is 1.33 bits per heavy atom. The van der Waals surface area contributed by atoms with Gasteiger partial charge in [-0.15, -0.1) is 0 Å². The summed E-state index contributed by atoms with van der Waals surface area (Å²) in [5.74, 6) is 0.719. The van der Waals surface area contributed by atoms with Crippen LogP contribution in [-0.4, -0.2) is 29.1 Å². The van der Waals surface area contributed by atoms with Crippen LogP contribution in [0.5, 0.6) is 0 Å². The van der Waals surface area contributed by atoms with Gasteiger partial charge < -0.3 is 9.42 Å². The molecule has 1 fully saturated rings. The van der Waals surface area contributed by atoms with Crippen LogP contribution in [0, 0.1) is 19.8 Å². The molecule has 1 aromatic heterocycles. The second kappa shape index (κ2) is 7.74. The summed E-state index contributed by atoms with van der Waals surface area (Å²) in [4.78, 5) is 14.6. The number of rotatable bonds is 4. The molecule has 2 aromatic rings. The average molecular weight is 380 g/mol. The molecule has 1 saturated heterocycles. The van der Waals surface area contributed by atoms with E-state index in [4.69, 9.17) is 4.52 Å². The number of aryl methyl sites for hydroxylation is 3. The van der Waals surface area contributed by atoms with Gasteiger partial charge in [0.1, 0.15) is 11.3 Å². The monoisotopic (exact) mass is 380 g/mol. The Balaban J connectivity index is 1.61. The zero-order valence-electron chi connectivity index (χ0n) is 15.5. The SMILES string of the molecule is Cc1noc(C)c1C(=O)N1CCCC(CCc2cccc(C(F)(F)F)c2)C1. The van der Waals surface area contributed by atoms with Crippen LogP contribution in [0.25, 0.3) is 0 Å². The maximum atomic E-state index is 12.8. The minimum atomic E-state index is -4.32. The Morgan fingerprint density at radius 2 is 2.11 bits per heavy atom. The van der Waals surface area contributed by atoms with Crippen LogP contribution in [0.2, 0.25) is 0 Å². The highest BCUT2D eigenvalue weighted by Crippen LogP contribution is 2.30. The van der Waals surface area contributed by atoms with Crippen molar-refractivity contribution in [1.29, 1.82) is 0 Å². The van der Waals surface area contributed by atoms with Crippen molar-refractivity contribution in [2.45, 2.75) is 45.7 Å². The quantitative estimate of drug-likeness (QED) is 0.766. The fourth-order valence-electron chi connectivity index (χ4n) is 3.71. The summed E-state index contributed by atoms with van der Waals surface area (Å²) in [6.45, 7) is 4.77. The van der Waals surface area contributed by atoms with Gasteiger partial charge in [0.05, 0.1) is 11.3 Å². The van der Waals surface area contributed by atoms with E-state index < -0.39 is 11.7 Å². The molecule has 0 bridgehead atoms. The number of likely N-dealkylation sites (tertiary alicyclic amines) is 1. The third-order valence-electron chi connectivity index (χ3n) is 5.15. The Morgan fingerprint density at radius 3 is 2.78 bits per heavy atom. The molecule has 0 radical (unpaired) electrons. The maximum Gasteiger partial charge on any atom is 0.416 e. The molecule has 0 N–H and O–H groups in total. The lowest BCUT2D eigenvalue weighted by molar-refractivity contribution is -0.137. The third kappa shape index (κ3) is 4.51. The van der Waals surface area contributed by atoms with Crippen LogP contribution >= 0.6 is 0 Å². The minimum Gasteiger partial charge on any atom is -0.361 e. The highest BCUT2D eigenvalue weighted by atomic mass is 19.4. The summed E-state index contributed by atoms with van der Waals surface area (Å²) in [5.41, 5.74) is 1.18. The van der Waals surface area contributed by atoms with Crippen LogP contribution < -0.4 is 0 Å². The summed E-state index contributed by atoms with van der Waals surface area (Å²) in [6, 6.07) is 5.49. The van der Waals surface area contributed by atoms with Gasteiger partial charge in [-0.2, -0.15) is 13.2 Å². The zero-order valence-corrected chi connectivity index (χ0v) is 15.5. The molecule has 146 valence electrons. The Kier molecular flexibility index (Phi) is 5.58. The van der Waals surface area contributed by atoms with Gasteiger partial charge in [0.25, 0.3) is 5.91 Å². The van der Waals surface area contributed by atoms with E-state index in [1.165, 1.54) is 12.1 Å². The van der Waals surface area contributed by atoms with Crippen molar-refractivity contribution >= 4 is 5.91 Å². The van der Waals surface area contributed by atoms with Crippen molar-refractivity contribution in [3.63, 3.8) is 0 Å². The maximum absolute atomic E-state index is 12.8. The first-order valence-corrected chi connectivity index (χ1v) is 9.14. The third-order valence-corrected chi connectivity index (χ3v) is 5.15. The smallest absolute Gasteiger partial charge is 0.361 e. The van der Waals surface area contributed by atoms with Gasteiger partial charge in [0, 0.05) is 13.1 Å². The van der Waals surface area contributed by atoms with Crippen molar-refractivity contribution in [3.05, 3.63) is 52.4 Å². The normalized spacial score (nSPS) is 18.0. The first kappa shape index (κ1) is 19.5. The summed E-state index contributed by atoms with van der Waals surface area (Å²) in [5, 5.41) is 3.84. The number of nitrogens with zero attached hydrogens (tertiary/aromatic N) is 2. The molecule has 1 atom stereocenters. The second-order valence-corrected chi connectivity index (χ2v) is 7.20. The molecule has 1 aromatic carbocycles. The number of aromatic nitrogens is 1. The van der Waals surface area contributed by atoms with Crippen molar-refractivity contribution < 1.29 is 22.5 Å². The van der Waals surface area contributed by atoms with Crippen LogP contribution in [0.1, 0.15) is 52.2 Å². The van der Waals surface area contributed by atoms with Gasteiger partial charge >= 0.3 is 6.18 Å². The standard InChI is InChI=1S/C20H23F3N2O2/c1-13-18(14(2)27-24-13)19(26)25-10-4-6-16(12-25)9-8-15-5-3-7-17(11-15)20(21,22)23/h3,5,7,11,16H,4,6,8-10,12H2,1-2H3. The molecule has 4 nitrogen and oxygen atoms in total. The molecule has 0 spiro atoms. The second-order valence-electron chi connectivity index (χ2n) is 7.20. The number of piperidine rings is 1. The van der Waals surface area contributed by atoms with Gasteiger partial charge in [-0.05, 0) is 57.1 Å². The van der Waals surface area contributed by atoms with Crippen molar-refractivity contribution in [1.82, 2.24) is 10.1 Å². The largest absolute Gasteiger partial charge is 0.416 e. The predicted molar refractivity (Wildman–Crippen MR) is 94.4 cm³/mol. The number of hydrogen-bond donors (Lipinski definition) is 0. The van der Waals surface area contributed by atoms with E-state index in [9.17, 15) is 18.0 Å². The van der Waals surface area contributed by atoms with E-state index >= 15 is 0 Å². The zero-order chi connectivity index (χ0) is 19.6. The van der Waals surface area contributed by atoms with Crippen LogP contribution in [0.4, 0.5) is 13.2 Å². The van der Waals surface area contributed by atoms with E-state index in [1.807, 2.05) is 4.90 Å². The minimum absolute atomic E-state index is 0.0741. The highest BCUT2D eigenvalue weighted by Gasteiger charge is 2.31. The van der Waals surface area contributed by atoms with Crippen molar-refractivity contribution in [3.8, 4) is 0 Å². The summed E-state index contributed by atoms with van der Waals surface area (Å²) in [7, 11) is 0. The number of carbonyl (C=O) groups excluding carboxylic acids is 1. The molecule has 1 aliphatic heterocycles. The fourth-order valence-corrected chi connectivity index (χ4v) is 3.71. The lowest BCUT2D eigenvalue weighted by atomic mass is 9.91. The number of hydrogen-bond acceptors (Lipinski definition) is 3. The van der Waals surface area contributed by atoms with Gasteiger partial charge in [-0.25, -0.2) is 0 Å². The predicted octanol–water partition coefficient (Wildman–Crippen LogP) is 4.80. The molecular weight excluding hydrogens is 357 g/mol. The molecule has 27 heavy (non-hydrogen) atoms. The highest BCUT2D eigenvalue weighted by molar-refractivity contribution is 5.96. The number of carbonyl (C=O) groups is 1. The number of halogens is 3.